The van der Waals surface area contributed by atoms with Gasteiger partial charge in [-0.05, 0) is 25.3 Å². The molecule has 0 saturated heterocycles. The summed E-state index contributed by atoms with van der Waals surface area (Å²) < 4.78 is 0. The predicted molar refractivity (Wildman–Crippen MR) is 53.7 cm³/mol. The second-order valence-electron chi connectivity index (χ2n) is 3.83. The van der Waals surface area contributed by atoms with E-state index in [0.717, 1.165) is 13.0 Å². The molecule has 13 heavy (non-hydrogen) atoms. The number of rotatable bonds is 7. The molecule has 0 bridgehead atoms. The Bertz CT molecular complexity index is 146. The van der Waals surface area contributed by atoms with Gasteiger partial charge in [0.05, 0.1) is 5.92 Å². The summed E-state index contributed by atoms with van der Waals surface area (Å²) in [5.74, 6) is -0.246. The van der Waals surface area contributed by atoms with Gasteiger partial charge in [0.25, 0.3) is 0 Å². The highest BCUT2D eigenvalue weighted by Crippen LogP contribution is 2.01. The third kappa shape index (κ3) is 6.58. The molecule has 0 aromatic heterocycles. The topological polar surface area (TPSA) is 49.3 Å². The fraction of sp³-hybridized carbons (Fsp3) is 0.900. The first-order valence-corrected chi connectivity index (χ1v) is 5.01. The summed E-state index contributed by atoms with van der Waals surface area (Å²) in [4.78, 5) is 10.6. The van der Waals surface area contributed by atoms with Crippen molar-refractivity contribution >= 4 is 5.97 Å². The molecule has 0 aliphatic heterocycles. The van der Waals surface area contributed by atoms with Crippen LogP contribution in [0.2, 0.25) is 0 Å². The van der Waals surface area contributed by atoms with E-state index in [9.17, 15) is 4.79 Å². The SMILES string of the molecule is CCC(CNCCC(C)C)C(=O)O. The Morgan fingerprint density at radius 1 is 1.46 bits per heavy atom. The molecule has 1 unspecified atom stereocenters. The molecule has 0 aliphatic carbocycles. The van der Waals surface area contributed by atoms with Crippen LogP contribution in [0.15, 0.2) is 0 Å². The van der Waals surface area contributed by atoms with E-state index < -0.39 is 5.97 Å². The zero-order valence-electron chi connectivity index (χ0n) is 8.84. The molecule has 0 heterocycles. The Morgan fingerprint density at radius 2 is 2.08 bits per heavy atom. The molecule has 0 aromatic rings. The monoisotopic (exact) mass is 187 g/mol. The molecular formula is C10H21NO2. The fourth-order valence-electron chi connectivity index (χ4n) is 1.07. The first-order chi connectivity index (χ1) is 6.07. The Hall–Kier alpha value is -0.570. The Morgan fingerprint density at radius 3 is 2.46 bits per heavy atom. The lowest BCUT2D eigenvalue weighted by atomic mass is 10.1. The van der Waals surface area contributed by atoms with E-state index in [1.165, 1.54) is 0 Å². The van der Waals surface area contributed by atoms with Gasteiger partial charge in [0.2, 0.25) is 0 Å². The minimum Gasteiger partial charge on any atom is -0.481 e. The smallest absolute Gasteiger partial charge is 0.307 e. The van der Waals surface area contributed by atoms with Crippen molar-refractivity contribution in [3.8, 4) is 0 Å². The van der Waals surface area contributed by atoms with Crippen LogP contribution in [-0.2, 0) is 4.79 Å². The molecule has 78 valence electrons. The van der Waals surface area contributed by atoms with Gasteiger partial charge in [-0.3, -0.25) is 4.79 Å². The molecule has 0 aliphatic rings. The summed E-state index contributed by atoms with van der Waals surface area (Å²) in [6, 6.07) is 0. The van der Waals surface area contributed by atoms with Crippen LogP contribution in [0.4, 0.5) is 0 Å². The highest BCUT2D eigenvalue weighted by molar-refractivity contribution is 5.70. The molecule has 3 heteroatoms. The van der Waals surface area contributed by atoms with Crippen LogP contribution >= 0.6 is 0 Å². The van der Waals surface area contributed by atoms with Gasteiger partial charge in [-0.2, -0.15) is 0 Å². The van der Waals surface area contributed by atoms with Crippen LogP contribution in [0.5, 0.6) is 0 Å². The maximum atomic E-state index is 10.6. The lowest BCUT2D eigenvalue weighted by Crippen LogP contribution is -2.29. The largest absolute Gasteiger partial charge is 0.481 e. The van der Waals surface area contributed by atoms with Gasteiger partial charge in [0, 0.05) is 6.54 Å². The van der Waals surface area contributed by atoms with Crippen molar-refractivity contribution in [3.63, 3.8) is 0 Å². The zero-order valence-corrected chi connectivity index (χ0v) is 8.84. The average molecular weight is 187 g/mol. The Kier molecular flexibility index (Phi) is 6.59. The van der Waals surface area contributed by atoms with Gasteiger partial charge in [0.15, 0.2) is 0 Å². The van der Waals surface area contributed by atoms with Crippen molar-refractivity contribution in [1.82, 2.24) is 5.32 Å². The Labute approximate surface area is 80.5 Å². The van der Waals surface area contributed by atoms with E-state index >= 15 is 0 Å². The van der Waals surface area contributed by atoms with Crippen molar-refractivity contribution in [1.29, 1.82) is 0 Å². The highest BCUT2D eigenvalue weighted by atomic mass is 16.4. The molecule has 1 atom stereocenters. The third-order valence-electron chi connectivity index (χ3n) is 2.13. The average Bonchev–Trinajstić information content (AvgIpc) is 2.03. The maximum absolute atomic E-state index is 10.6. The van der Waals surface area contributed by atoms with Crippen LogP contribution in [-0.4, -0.2) is 24.2 Å². The number of aliphatic carboxylic acids is 1. The lowest BCUT2D eigenvalue weighted by Gasteiger charge is -2.11. The van der Waals surface area contributed by atoms with Gasteiger partial charge >= 0.3 is 5.97 Å². The van der Waals surface area contributed by atoms with Crippen LogP contribution in [0, 0.1) is 11.8 Å². The summed E-state index contributed by atoms with van der Waals surface area (Å²) in [5.41, 5.74) is 0. The van der Waals surface area contributed by atoms with E-state index in [2.05, 4.69) is 19.2 Å². The van der Waals surface area contributed by atoms with Crippen molar-refractivity contribution in [3.05, 3.63) is 0 Å². The van der Waals surface area contributed by atoms with Crippen LogP contribution in [0.25, 0.3) is 0 Å². The van der Waals surface area contributed by atoms with E-state index in [-0.39, 0.29) is 5.92 Å². The molecule has 0 saturated carbocycles. The van der Waals surface area contributed by atoms with Crippen molar-refractivity contribution in [2.24, 2.45) is 11.8 Å². The molecule has 0 fully saturated rings. The molecule has 0 radical (unpaired) electrons. The summed E-state index contributed by atoms with van der Waals surface area (Å²) in [6.45, 7) is 7.75. The molecular weight excluding hydrogens is 166 g/mol. The first-order valence-electron chi connectivity index (χ1n) is 5.01. The standard InChI is InChI=1S/C10H21NO2/c1-4-9(10(12)13)7-11-6-5-8(2)3/h8-9,11H,4-7H2,1-3H3,(H,12,13). The van der Waals surface area contributed by atoms with E-state index in [1.807, 2.05) is 6.92 Å². The van der Waals surface area contributed by atoms with Gasteiger partial charge in [-0.25, -0.2) is 0 Å². The van der Waals surface area contributed by atoms with Crippen LogP contribution in [0.1, 0.15) is 33.6 Å². The number of carbonyl (C=O) groups is 1. The molecule has 0 rings (SSSR count). The number of nitrogens with one attached hydrogen (secondary N) is 1. The quantitative estimate of drug-likeness (QED) is 0.597. The van der Waals surface area contributed by atoms with Gasteiger partial charge in [-0.15, -0.1) is 0 Å². The second-order valence-corrected chi connectivity index (χ2v) is 3.83. The van der Waals surface area contributed by atoms with Gasteiger partial charge in [0.1, 0.15) is 0 Å². The predicted octanol–water partition coefficient (Wildman–Crippen LogP) is 1.73. The molecule has 0 aromatic carbocycles. The third-order valence-corrected chi connectivity index (χ3v) is 2.13. The number of carboxylic acid groups (broad SMARTS) is 1. The van der Waals surface area contributed by atoms with Crippen LogP contribution in [0.3, 0.4) is 0 Å². The second kappa shape index (κ2) is 6.89. The van der Waals surface area contributed by atoms with E-state index in [4.69, 9.17) is 5.11 Å². The first kappa shape index (κ1) is 12.4. The van der Waals surface area contributed by atoms with E-state index in [1.54, 1.807) is 0 Å². The number of carboxylic acids is 1. The highest BCUT2D eigenvalue weighted by Gasteiger charge is 2.13. The summed E-state index contributed by atoms with van der Waals surface area (Å²) >= 11 is 0. The summed E-state index contributed by atoms with van der Waals surface area (Å²) in [7, 11) is 0. The fourth-order valence-corrected chi connectivity index (χ4v) is 1.07. The summed E-state index contributed by atoms with van der Waals surface area (Å²) in [6.07, 6.45) is 1.81. The molecule has 3 nitrogen and oxygen atoms in total. The number of hydrogen-bond acceptors (Lipinski definition) is 2. The molecule has 2 N–H and O–H groups in total. The van der Waals surface area contributed by atoms with Gasteiger partial charge in [-0.1, -0.05) is 20.8 Å². The summed E-state index contributed by atoms with van der Waals surface area (Å²) in [5, 5.41) is 11.9. The molecule has 0 spiro atoms. The van der Waals surface area contributed by atoms with Gasteiger partial charge < -0.3 is 10.4 Å². The minimum absolute atomic E-state index is 0.229. The zero-order chi connectivity index (χ0) is 10.3. The van der Waals surface area contributed by atoms with Crippen molar-refractivity contribution in [2.45, 2.75) is 33.6 Å². The van der Waals surface area contributed by atoms with Crippen molar-refractivity contribution in [2.75, 3.05) is 13.1 Å². The van der Waals surface area contributed by atoms with Crippen molar-refractivity contribution < 1.29 is 9.90 Å². The minimum atomic E-state index is -0.695. The van der Waals surface area contributed by atoms with E-state index in [0.29, 0.717) is 18.9 Å². The van der Waals surface area contributed by atoms with Crippen LogP contribution < -0.4 is 5.32 Å². The maximum Gasteiger partial charge on any atom is 0.307 e. The lowest BCUT2D eigenvalue weighted by molar-refractivity contribution is -0.141. The normalized spacial score (nSPS) is 13.2. The number of hydrogen-bond donors (Lipinski definition) is 2. The Balaban J connectivity index is 3.44. The molecule has 0 amide bonds.